The van der Waals surface area contributed by atoms with Crippen molar-refractivity contribution in [2.45, 2.75) is 13.1 Å². The van der Waals surface area contributed by atoms with Gasteiger partial charge in [-0.25, -0.2) is 4.98 Å². The molecule has 1 amide bonds. The van der Waals surface area contributed by atoms with Gasteiger partial charge in [0.1, 0.15) is 5.69 Å². The summed E-state index contributed by atoms with van der Waals surface area (Å²) in [6.07, 6.45) is -3.43. The largest absolute Gasteiger partial charge is 0.463 e. The lowest BCUT2D eigenvalue weighted by Crippen LogP contribution is -2.16. The normalized spacial score (nSPS) is 11.8. The van der Waals surface area contributed by atoms with Crippen molar-refractivity contribution in [2.75, 3.05) is 5.32 Å². The summed E-state index contributed by atoms with van der Waals surface area (Å²) in [6, 6.07) is 8.95. The molecule has 4 aromatic rings. The minimum atomic E-state index is -4.74. The SMILES string of the molecule is Cc1cc(Br)ccc1NC(=O)c1nc2nc(-c3ccco3)cc(C(F)(F)F)n2n1. The van der Waals surface area contributed by atoms with Crippen LogP contribution in [0.15, 0.2) is 51.6 Å². The van der Waals surface area contributed by atoms with Crippen molar-refractivity contribution in [1.82, 2.24) is 19.6 Å². The molecule has 0 spiro atoms. The molecule has 0 saturated carbocycles. The lowest BCUT2D eigenvalue weighted by molar-refractivity contribution is -0.142. The monoisotopic (exact) mass is 465 g/mol. The van der Waals surface area contributed by atoms with Crippen LogP contribution in [0.2, 0.25) is 0 Å². The second-order valence-corrected chi connectivity index (χ2v) is 6.98. The van der Waals surface area contributed by atoms with E-state index in [-0.39, 0.29) is 17.2 Å². The fraction of sp³-hybridized carbons (Fsp3) is 0.111. The van der Waals surface area contributed by atoms with E-state index in [1.807, 2.05) is 0 Å². The van der Waals surface area contributed by atoms with Crippen molar-refractivity contribution >= 4 is 33.3 Å². The van der Waals surface area contributed by atoms with E-state index in [2.05, 4.69) is 36.3 Å². The third-order valence-electron chi connectivity index (χ3n) is 4.02. The molecule has 148 valence electrons. The first-order chi connectivity index (χ1) is 13.7. The molecule has 7 nitrogen and oxygen atoms in total. The summed E-state index contributed by atoms with van der Waals surface area (Å²) in [7, 11) is 0. The first-order valence-electron chi connectivity index (χ1n) is 8.19. The Balaban J connectivity index is 1.77. The minimum Gasteiger partial charge on any atom is -0.463 e. The van der Waals surface area contributed by atoms with Crippen LogP contribution in [-0.4, -0.2) is 25.5 Å². The van der Waals surface area contributed by atoms with Crippen LogP contribution in [0.5, 0.6) is 0 Å². The van der Waals surface area contributed by atoms with Crippen LogP contribution in [0, 0.1) is 6.92 Å². The van der Waals surface area contributed by atoms with Gasteiger partial charge in [0, 0.05) is 10.2 Å². The predicted octanol–water partition coefficient (Wildman–Crippen LogP) is 4.73. The molecule has 4 rings (SSSR count). The Morgan fingerprint density at radius 1 is 1.21 bits per heavy atom. The van der Waals surface area contributed by atoms with Gasteiger partial charge in [-0.1, -0.05) is 15.9 Å². The number of alkyl halides is 3. The zero-order valence-corrected chi connectivity index (χ0v) is 16.2. The van der Waals surface area contributed by atoms with Crippen molar-refractivity contribution in [2.24, 2.45) is 0 Å². The van der Waals surface area contributed by atoms with E-state index in [0.717, 1.165) is 16.1 Å². The number of halogens is 4. The highest BCUT2D eigenvalue weighted by molar-refractivity contribution is 9.10. The standard InChI is InChI=1S/C18H11BrF3N5O2/c1-9-7-10(19)4-5-11(9)23-16(28)15-25-17-24-12(13-3-2-6-29-13)8-14(18(20,21)22)27(17)26-15/h2-8H,1H3,(H,23,28). The third kappa shape index (κ3) is 3.73. The number of aromatic nitrogens is 4. The number of amides is 1. The van der Waals surface area contributed by atoms with Gasteiger partial charge in [-0.2, -0.15) is 22.7 Å². The van der Waals surface area contributed by atoms with Crippen LogP contribution in [0.25, 0.3) is 17.2 Å². The summed E-state index contributed by atoms with van der Waals surface area (Å²) in [6.45, 7) is 1.77. The Morgan fingerprint density at radius 3 is 2.66 bits per heavy atom. The van der Waals surface area contributed by atoms with Gasteiger partial charge in [-0.3, -0.25) is 4.79 Å². The molecule has 0 saturated heterocycles. The van der Waals surface area contributed by atoms with E-state index < -0.39 is 23.6 Å². The zero-order valence-electron chi connectivity index (χ0n) is 14.7. The van der Waals surface area contributed by atoms with Crippen molar-refractivity contribution in [1.29, 1.82) is 0 Å². The average molecular weight is 466 g/mol. The topological polar surface area (TPSA) is 85.3 Å². The van der Waals surface area contributed by atoms with E-state index in [9.17, 15) is 18.0 Å². The molecule has 1 N–H and O–H groups in total. The minimum absolute atomic E-state index is 0.0714. The second-order valence-electron chi connectivity index (χ2n) is 6.06. The van der Waals surface area contributed by atoms with Gasteiger partial charge >= 0.3 is 6.18 Å². The van der Waals surface area contributed by atoms with Gasteiger partial charge in [-0.15, -0.1) is 5.10 Å². The molecule has 0 atom stereocenters. The number of hydrogen-bond donors (Lipinski definition) is 1. The maximum atomic E-state index is 13.5. The fourth-order valence-corrected chi connectivity index (χ4v) is 3.14. The molecule has 0 fully saturated rings. The molecule has 0 aliphatic rings. The Hall–Kier alpha value is -3.21. The Labute approximate surface area is 169 Å². The van der Waals surface area contributed by atoms with E-state index in [0.29, 0.717) is 10.2 Å². The van der Waals surface area contributed by atoms with Crippen LogP contribution < -0.4 is 5.32 Å². The first kappa shape index (κ1) is 19.1. The van der Waals surface area contributed by atoms with Crippen molar-refractivity contribution in [3.8, 4) is 11.5 Å². The number of carbonyl (C=O) groups is 1. The third-order valence-corrected chi connectivity index (χ3v) is 4.51. The van der Waals surface area contributed by atoms with E-state index in [4.69, 9.17) is 4.42 Å². The molecular weight excluding hydrogens is 455 g/mol. The summed E-state index contributed by atoms with van der Waals surface area (Å²) >= 11 is 3.32. The molecule has 0 aliphatic carbocycles. The maximum absolute atomic E-state index is 13.5. The molecule has 29 heavy (non-hydrogen) atoms. The van der Waals surface area contributed by atoms with Gasteiger partial charge in [0.25, 0.3) is 11.7 Å². The fourth-order valence-electron chi connectivity index (χ4n) is 2.66. The van der Waals surface area contributed by atoms with Crippen LogP contribution in [0.4, 0.5) is 18.9 Å². The van der Waals surface area contributed by atoms with Crippen LogP contribution in [0.1, 0.15) is 21.9 Å². The Morgan fingerprint density at radius 2 is 2.00 bits per heavy atom. The smallest absolute Gasteiger partial charge is 0.433 e. The van der Waals surface area contributed by atoms with Gasteiger partial charge in [0.2, 0.25) is 5.82 Å². The summed E-state index contributed by atoms with van der Waals surface area (Å²) in [5.74, 6) is -1.43. The van der Waals surface area contributed by atoms with Crippen molar-refractivity contribution < 1.29 is 22.4 Å². The number of aryl methyl sites for hydroxylation is 1. The zero-order chi connectivity index (χ0) is 20.8. The lowest BCUT2D eigenvalue weighted by Gasteiger charge is -2.09. The number of hydrogen-bond acceptors (Lipinski definition) is 5. The number of carbonyl (C=O) groups excluding carboxylic acids is 1. The van der Waals surface area contributed by atoms with E-state index >= 15 is 0 Å². The molecule has 0 bridgehead atoms. The molecule has 1 aromatic carbocycles. The maximum Gasteiger partial charge on any atom is 0.433 e. The van der Waals surface area contributed by atoms with Gasteiger partial charge in [0.05, 0.1) is 6.26 Å². The van der Waals surface area contributed by atoms with Crippen LogP contribution in [0.3, 0.4) is 0 Å². The number of benzene rings is 1. The Bertz CT molecular complexity index is 1220. The first-order valence-corrected chi connectivity index (χ1v) is 8.98. The van der Waals surface area contributed by atoms with Gasteiger partial charge in [-0.05, 0) is 48.9 Å². The number of rotatable bonds is 3. The van der Waals surface area contributed by atoms with Crippen LogP contribution >= 0.6 is 15.9 Å². The predicted molar refractivity (Wildman–Crippen MR) is 100 cm³/mol. The molecule has 0 radical (unpaired) electrons. The highest BCUT2D eigenvalue weighted by atomic mass is 79.9. The van der Waals surface area contributed by atoms with Crippen LogP contribution in [-0.2, 0) is 6.18 Å². The number of nitrogens with zero attached hydrogens (tertiary/aromatic N) is 4. The van der Waals surface area contributed by atoms with E-state index in [1.54, 1.807) is 25.1 Å². The summed E-state index contributed by atoms with van der Waals surface area (Å²) < 4.78 is 47.0. The molecule has 3 heterocycles. The van der Waals surface area contributed by atoms with Gasteiger partial charge in [0.15, 0.2) is 11.5 Å². The molecule has 0 unspecified atom stereocenters. The number of fused-ring (bicyclic) bond motifs is 1. The Kier molecular flexibility index (Phi) is 4.61. The number of nitrogens with one attached hydrogen (secondary N) is 1. The van der Waals surface area contributed by atoms with E-state index in [1.165, 1.54) is 18.4 Å². The quantitative estimate of drug-likeness (QED) is 0.472. The second kappa shape index (κ2) is 6.99. The van der Waals surface area contributed by atoms with Crippen molar-refractivity contribution in [3.63, 3.8) is 0 Å². The lowest BCUT2D eigenvalue weighted by atomic mass is 10.2. The number of furan rings is 1. The molecular formula is C18H11BrF3N5O2. The average Bonchev–Trinajstić information content (AvgIpc) is 3.31. The highest BCUT2D eigenvalue weighted by Gasteiger charge is 2.36. The number of anilines is 1. The highest BCUT2D eigenvalue weighted by Crippen LogP contribution is 2.32. The summed E-state index contributed by atoms with van der Waals surface area (Å²) in [5, 5.41) is 6.31. The molecule has 11 heteroatoms. The summed E-state index contributed by atoms with van der Waals surface area (Å²) in [5.41, 5.74) is 0.0428. The molecule has 0 aliphatic heterocycles. The van der Waals surface area contributed by atoms with Crippen molar-refractivity contribution in [3.05, 3.63) is 64.2 Å². The molecule has 3 aromatic heterocycles. The van der Waals surface area contributed by atoms with Gasteiger partial charge < -0.3 is 9.73 Å². The summed E-state index contributed by atoms with van der Waals surface area (Å²) in [4.78, 5) is 20.4.